The molecule has 82 valence electrons. The second-order valence-corrected chi connectivity index (χ2v) is 6.53. The van der Waals surface area contributed by atoms with Crippen molar-refractivity contribution in [2.75, 3.05) is 19.9 Å². The normalized spacial score (nSPS) is 11.4. The molecule has 4 heteroatoms. The molecule has 0 spiro atoms. The van der Waals surface area contributed by atoms with E-state index in [1.165, 1.54) is 13.3 Å². The third kappa shape index (κ3) is 3.98. The lowest BCUT2D eigenvalue weighted by atomic mass is 10.1. The van der Waals surface area contributed by atoms with Gasteiger partial charge >= 0.3 is 0 Å². The molecule has 0 N–H and O–H groups in total. The predicted molar refractivity (Wildman–Crippen MR) is 60.9 cm³/mol. The lowest BCUT2D eigenvalue weighted by molar-refractivity contribution is 0.0923. The standard InChI is InChI=1S/C11H15O3P/c1-9-6-4-5-7-10(9)11(12)8-14-15(2,3)13/h4-7H,8H2,1-3H3. The Kier molecular flexibility index (Phi) is 3.83. The molecule has 0 radical (unpaired) electrons. The van der Waals surface area contributed by atoms with E-state index in [0.29, 0.717) is 5.56 Å². The maximum atomic E-state index is 11.7. The van der Waals surface area contributed by atoms with Gasteiger partial charge in [0, 0.05) is 18.9 Å². The summed E-state index contributed by atoms with van der Waals surface area (Å²) in [6.45, 7) is 4.75. The highest BCUT2D eigenvalue weighted by Crippen LogP contribution is 2.37. The van der Waals surface area contributed by atoms with Gasteiger partial charge in [-0.25, -0.2) is 0 Å². The summed E-state index contributed by atoms with van der Waals surface area (Å²) in [5.41, 5.74) is 1.54. The van der Waals surface area contributed by atoms with Crippen LogP contribution in [-0.2, 0) is 9.09 Å². The van der Waals surface area contributed by atoms with Crippen molar-refractivity contribution in [3.63, 3.8) is 0 Å². The predicted octanol–water partition coefficient (Wildman–Crippen LogP) is 2.73. The minimum absolute atomic E-state index is 0.116. The third-order valence-corrected chi connectivity index (χ3v) is 2.70. The van der Waals surface area contributed by atoms with Gasteiger partial charge in [-0.05, 0) is 12.5 Å². The van der Waals surface area contributed by atoms with Crippen molar-refractivity contribution in [3.8, 4) is 0 Å². The Morgan fingerprint density at radius 2 is 1.93 bits per heavy atom. The smallest absolute Gasteiger partial charge is 0.197 e. The van der Waals surface area contributed by atoms with E-state index in [0.717, 1.165) is 5.56 Å². The second kappa shape index (κ2) is 4.73. The molecule has 0 aliphatic carbocycles. The molecule has 0 amide bonds. The molecule has 0 heterocycles. The van der Waals surface area contributed by atoms with Crippen LogP contribution in [0.4, 0.5) is 0 Å². The average Bonchev–Trinajstić information content (AvgIpc) is 2.14. The Morgan fingerprint density at radius 3 is 2.47 bits per heavy atom. The van der Waals surface area contributed by atoms with E-state index in [2.05, 4.69) is 0 Å². The van der Waals surface area contributed by atoms with Crippen molar-refractivity contribution >= 4 is 13.2 Å². The fraction of sp³-hybridized carbons (Fsp3) is 0.364. The molecule has 0 saturated heterocycles. The summed E-state index contributed by atoms with van der Waals surface area (Å²) in [6.07, 6.45) is 0. The third-order valence-electron chi connectivity index (χ3n) is 1.95. The number of rotatable bonds is 4. The Hall–Kier alpha value is -0.920. The van der Waals surface area contributed by atoms with Crippen LogP contribution >= 0.6 is 7.37 Å². The van der Waals surface area contributed by atoms with E-state index >= 15 is 0 Å². The Morgan fingerprint density at radius 1 is 1.33 bits per heavy atom. The van der Waals surface area contributed by atoms with Crippen molar-refractivity contribution in [1.82, 2.24) is 0 Å². The highest BCUT2D eigenvalue weighted by atomic mass is 31.2. The monoisotopic (exact) mass is 226 g/mol. The number of carbonyl (C=O) groups is 1. The molecule has 0 aliphatic rings. The van der Waals surface area contributed by atoms with E-state index in [1.54, 1.807) is 12.1 Å². The van der Waals surface area contributed by atoms with E-state index in [9.17, 15) is 9.36 Å². The molecule has 1 rings (SSSR count). The van der Waals surface area contributed by atoms with Crippen LogP contribution in [0.2, 0.25) is 0 Å². The van der Waals surface area contributed by atoms with Crippen LogP contribution in [0.3, 0.4) is 0 Å². The SMILES string of the molecule is Cc1ccccc1C(=O)COP(C)(C)=O. The topological polar surface area (TPSA) is 43.4 Å². The highest BCUT2D eigenvalue weighted by Gasteiger charge is 2.13. The maximum absolute atomic E-state index is 11.7. The number of carbonyl (C=O) groups excluding carboxylic acids is 1. The van der Waals surface area contributed by atoms with Gasteiger partial charge in [-0.3, -0.25) is 9.36 Å². The van der Waals surface area contributed by atoms with Crippen LogP contribution in [0.5, 0.6) is 0 Å². The van der Waals surface area contributed by atoms with E-state index in [-0.39, 0.29) is 12.4 Å². The van der Waals surface area contributed by atoms with Crippen LogP contribution in [0, 0.1) is 6.92 Å². The van der Waals surface area contributed by atoms with Gasteiger partial charge in [0.2, 0.25) is 0 Å². The number of hydrogen-bond donors (Lipinski definition) is 0. The van der Waals surface area contributed by atoms with Crippen LogP contribution in [-0.4, -0.2) is 25.7 Å². The van der Waals surface area contributed by atoms with Gasteiger partial charge in [0.25, 0.3) is 0 Å². The van der Waals surface area contributed by atoms with Gasteiger partial charge in [0.05, 0.1) is 0 Å². The summed E-state index contributed by atoms with van der Waals surface area (Å²) in [4.78, 5) is 11.7. The molecule has 1 aromatic carbocycles. The lowest BCUT2D eigenvalue weighted by Crippen LogP contribution is -2.09. The Labute approximate surface area is 89.9 Å². The Bertz CT molecular complexity index is 406. The lowest BCUT2D eigenvalue weighted by Gasteiger charge is -2.08. The first kappa shape index (κ1) is 12.2. The molecule has 1 aromatic rings. The van der Waals surface area contributed by atoms with E-state index in [4.69, 9.17) is 4.52 Å². The fourth-order valence-corrected chi connectivity index (χ4v) is 1.61. The van der Waals surface area contributed by atoms with Gasteiger partial charge in [-0.2, -0.15) is 0 Å². The Balaban J connectivity index is 2.71. The van der Waals surface area contributed by atoms with Crippen LogP contribution in [0.15, 0.2) is 24.3 Å². The quantitative estimate of drug-likeness (QED) is 0.585. The van der Waals surface area contributed by atoms with Gasteiger partial charge in [-0.1, -0.05) is 24.3 Å². The summed E-state index contributed by atoms with van der Waals surface area (Å²) >= 11 is 0. The molecule has 0 atom stereocenters. The van der Waals surface area contributed by atoms with Gasteiger partial charge < -0.3 is 4.52 Å². The van der Waals surface area contributed by atoms with Crippen LogP contribution in [0.25, 0.3) is 0 Å². The van der Waals surface area contributed by atoms with Crippen molar-refractivity contribution in [2.45, 2.75) is 6.92 Å². The number of Topliss-reactive ketones (excluding diaryl/α,β-unsaturated/α-hetero) is 1. The summed E-state index contributed by atoms with van der Waals surface area (Å²) in [5.74, 6) is -0.128. The minimum Gasteiger partial charge on any atom is -0.320 e. The zero-order valence-electron chi connectivity index (χ0n) is 9.19. The minimum atomic E-state index is -2.58. The first-order chi connectivity index (χ1) is 6.90. The van der Waals surface area contributed by atoms with Gasteiger partial charge in [0.15, 0.2) is 13.2 Å². The number of aryl methyl sites for hydroxylation is 1. The molecule has 0 bridgehead atoms. The largest absolute Gasteiger partial charge is 0.320 e. The molecular formula is C11H15O3P. The summed E-state index contributed by atoms with van der Waals surface area (Å²) in [7, 11) is -2.58. The number of ketones is 1. The van der Waals surface area contributed by atoms with Crippen molar-refractivity contribution in [2.24, 2.45) is 0 Å². The second-order valence-electron chi connectivity index (χ2n) is 3.76. The summed E-state index contributed by atoms with van der Waals surface area (Å²) < 4.78 is 16.3. The van der Waals surface area contributed by atoms with Crippen molar-refractivity contribution < 1.29 is 13.9 Å². The summed E-state index contributed by atoms with van der Waals surface area (Å²) in [5, 5.41) is 0. The molecular weight excluding hydrogens is 211 g/mol. The fourth-order valence-electron chi connectivity index (χ4n) is 1.18. The molecule has 0 aliphatic heterocycles. The molecule has 0 fully saturated rings. The van der Waals surface area contributed by atoms with Gasteiger partial charge in [-0.15, -0.1) is 0 Å². The first-order valence-electron chi connectivity index (χ1n) is 4.68. The zero-order chi connectivity index (χ0) is 11.5. The summed E-state index contributed by atoms with van der Waals surface area (Å²) in [6, 6.07) is 7.29. The molecule has 15 heavy (non-hydrogen) atoms. The molecule has 0 saturated carbocycles. The van der Waals surface area contributed by atoms with Gasteiger partial charge in [0.1, 0.15) is 6.61 Å². The first-order valence-corrected chi connectivity index (χ1v) is 7.20. The van der Waals surface area contributed by atoms with E-state index in [1.807, 2.05) is 19.1 Å². The van der Waals surface area contributed by atoms with E-state index < -0.39 is 7.37 Å². The number of benzene rings is 1. The molecule has 3 nitrogen and oxygen atoms in total. The number of hydrogen-bond acceptors (Lipinski definition) is 3. The highest BCUT2D eigenvalue weighted by molar-refractivity contribution is 7.57. The van der Waals surface area contributed by atoms with Crippen LogP contribution in [0.1, 0.15) is 15.9 Å². The van der Waals surface area contributed by atoms with Crippen LogP contribution < -0.4 is 0 Å². The average molecular weight is 226 g/mol. The van der Waals surface area contributed by atoms with Crippen molar-refractivity contribution in [3.05, 3.63) is 35.4 Å². The molecule has 0 unspecified atom stereocenters. The maximum Gasteiger partial charge on any atom is 0.197 e. The van der Waals surface area contributed by atoms with Crippen molar-refractivity contribution in [1.29, 1.82) is 0 Å². The molecule has 0 aromatic heterocycles. The zero-order valence-corrected chi connectivity index (χ0v) is 10.1.